The molecule has 100 valence electrons. The standard InChI is InChI=1S/C12H17BrN2O2S/c1-2-15(8-9-3-4-11(13)18-9)12(16)10-7-14-5-6-17-10/h3-4,10,14H,2,5-8H2,1H3. The van der Waals surface area contributed by atoms with E-state index < -0.39 is 0 Å². The average Bonchev–Trinajstić information content (AvgIpc) is 2.82. The van der Waals surface area contributed by atoms with Gasteiger partial charge in [-0.25, -0.2) is 0 Å². The fraction of sp³-hybridized carbons (Fsp3) is 0.583. The smallest absolute Gasteiger partial charge is 0.253 e. The van der Waals surface area contributed by atoms with Gasteiger partial charge in [0.15, 0.2) is 0 Å². The van der Waals surface area contributed by atoms with E-state index in [4.69, 9.17) is 4.74 Å². The van der Waals surface area contributed by atoms with Gasteiger partial charge >= 0.3 is 0 Å². The van der Waals surface area contributed by atoms with Gasteiger partial charge in [-0.2, -0.15) is 0 Å². The number of carbonyl (C=O) groups is 1. The fourth-order valence-corrected chi connectivity index (χ4v) is 3.40. The second kappa shape index (κ2) is 6.65. The number of nitrogens with zero attached hydrogens (tertiary/aromatic N) is 1. The molecule has 1 aromatic rings. The van der Waals surface area contributed by atoms with Crippen LogP contribution in [-0.4, -0.2) is 43.2 Å². The van der Waals surface area contributed by atoms with Crippen LogP contribution in [0.3, 0.4) is 0 Å². The Morgan fingerprint density at radius 1 is 1.67 bits per heavy atom. The van der Waals surface area contributed by atoms with E-state index in [1.807, 2.05) is 24.0 Å². The van der Waals surface area contributed by atoms with Crippen molar-refractivity contribution >= 4 is 33.2 Å². The van der Waals surface area contributed by atoms with E-state index in [0.29, 0.717) is 26.2 Å². The first-order valence-corrected chi connectivity index (χ1v) is 7.67. The van der Waals surface area contributed by atoms with Crippen molar-refractivity contribution in [2.75, 3.05) is 26.2 Å². The fourth-order valence-electron chi connectivity index (χ4n) is 1.90. The number of morpholine rings is 1. The number of halogens is 1. The highest BCUT2D eigenvalue weighted by Crippen LogP contribution is 2.23. The molecule has 1 fully saturated rings. The highest BCUT2D eigenvalue weighted by Gasteiger charge is 2.26. The summed E-state index contributed by atoms with van der Waals surface area (Å²) in [6.45, 7) is 5.41. The van der Waals surface area contributed by atoms with Gasteiger partial charge in [-0.1, -0.05) is 0 Å². The Kier molecular flexibility index (Phi) is 5.17. The predicted molar refractivity (Wildman–Crippen MR) is 75.7 cm³/mol. The molecule has 0 aromatic carbocycles. The van der Waals surface area contributed by atoms with Crippen molar-refractivity contribution in [3.63, 3.8) is 0 Å². The molecule has 1 atom stereocenters. The summed E-state index contributed by atoms with van der Waals surface area (Å²) in [5.74, 6) is 0.0780. The maximum absolute atomic E-state index is 12.3. The first-order chi connectivity index (χ1) is 8.70. The molecule has 1 aliphatic rings. The second-order valence-corrected chi connectivity index (χ2v) is 6.67. The zero-order valence-corrected chi connectivity index (χ0v) is 12.7. The lowest BCUT2D eigenvalue weighted by atomic mass is 10.2. The summed E-state index contributed by atoms with van der Waals surface area (Å²) in [6.07, 6.45) is -0.331. The molecular weight excluding hydrogens is 316 g/mol. The molecule has 2 rings (SSSR count). The zero-order valence-electron chi connectivity index (χ0n) is 10.3. The van der Waals surface area contributed by atoms with Gasteiger partial charge in [-0.05, 0) is 35.0 Å². The number of nitrogens with one attached hydrogen (secondary N) is 1. The van der Waals surface area contributed by atoms with E-state index in [9.17, 15) is 4.79 Å². The Balaban J connectivity index is 1.96. The normalized spacial score (nSPS) is 19.8. The van der Waals surface area contributed by atoms with Gasteiger partial charge in [0.25, 0.3) is 5.91 Å². The van der Waals surface area contributed by atoms with Gasteiger partial charge in [-0.3, -0.25) is 4.79 Å². The van der Waals surface area contributed by atoms with Crippen LogP contribution in [0.5, 0.6) is 0 Å². The molecule has 0 aliphatic carbocycles. The highest BCUT2D eigenvalue weighted by molar-refractivity contribution is 9.11. The molecule has 6 heteroatoms. The first-order valence-electron chi connectivity index (χ1n) is 6.06. The zero-order chi connectivity index (χ0) is 13.0. The third-order valence-electron chi connectivity index (χ3n) is 2.87. The number of hydrogen-bond donors (Lipinski definition) is 1. The van der Waals surface area contributed by atoms with Crippen molar-refractivity contribution in [2.45, 2.75) is 19.6 Å². The van der Waals surface area contributed by atoms with Crippen molar-refractivity contribution in [2.24, 2.45) is 0 Å². The lowest BCUT2D eigenvalue weighted by Crippen LogP contribution is -2.49. The van der Waals surface area contributed by atoms with Crippen molar-refractivity contribution in [1.29, 1.82) is 0 Å². The van der Waals surface area contributed by atoms with Crippen LogP contribution in [0, 0.1) is 0 Å². The maximum atomic E-state index is 12.3. The predicted octanol–water partition coefficient (Wildman–Crippen LogP) is 1.85. The molecule has 1 aliphatic heterocycles. The monoisotopic (exact) mass is 332 g/mol. The summed E-state index contributed by atoms with van der Waals surface area (Å²) in [5.41, 5.74) is 0. The lowest BCUT2D eigenvalue weighted by Gasteiger charge is -2.28. The summed E-state index contributed by atoms with van der Waals surface area (Å²) < 4.78 is 6.60. The minimum absolute atomic E-state index is 0.0780. The van der Waals surface area contributed by atoms with Crippen molar-refractivity contribution < 1.29 is 9.53 Å². The van der Waals surface area contributed by atoms with Gasteiger partial charge in [0.2, 0.25) is 0 Å². The Morgan fingerprint density at radius 3 is 3.06 bits per heavy atom. The minimum atomic E-state index is -0.331. The molecule has 1 amide bonds. The second-order valence-electron chi connectivity index (χ2n) is 4.12. The first kappa shape index (κ1) is 14.0. The van der Waals surface area contributed by atoms with Gasteiger partial charge in [0.1, 0.15) is 6.10 Å². The molecule has 18 heavy (non-hydrogen) atoms. The van der Waals surface area contributed by atoms with Crippen LogP contribution in [-0.2, 0) is 16.1 Å². The van der Waals surface area contributed by atoms with Crippen LogP contribution in [0.1, 0.15) is 11.8 Å². The molecule has 0 bridgehead atoms. The maximum Gasteiger partial charge on any atom is 0.253 e. The Labute approximate surface area is 119 Å². The van der Waals surface area contributed by atoms with E-state index >= 15 is 0 Å². The highest BCUT2D eigenvalue weighted by atomic mass is 79.9. The number of carbonyl (C=O) groups excluding carboxylic acids is 1. The van der Waals surface area contributed by atoms with Crippen LogP contribution in [0.4, 0.5) is 0 Å². The SMILES string of the molecule is CCN(Cc1ccc(Br)s1)C(=O)C1CNCCO1. The number of thiophene rings is 1. The molecule has 0 radical (unpaired) electrons. The van der Waals surface area contributed by atoms with E-state index in [0.717, 1.165) is 10.3 Å². The molecule has 0 saturated carbocycles. The minimum Gasteiger partial charge on any atom is -0.366 e. The molecule has 1 unspecified atom stereocenters. The molecule has 2 heterocycles. The molecule has 1 saturated heterocycles. The summed E-state index contributed by atoms with van der Waals surface area (Å²) in [6, 6.07) is 4.06. The number of ether oxygens (including phenoxy) is 1. The Bertz CT molecular complexity index is 405. The van der Waals surface area contributed by atoms with Crippen LogP contribution in [0.2, 0.25) is 0 Å². The van der Waals surface area contributed by atoms with Gasteiger partial charge in [-0.15, -0.1) is 11.3 Å². The van der Waals surface area contributed by atoms with Crippen molar-refractivity contribution in [1.82, 2.24) is 10.2 Å². The molecule has 1 aromatic heterocycles. The summed E-state index contributed by atoms with van der Waals surface area (Å²) in [4.78, 5) is 15.3. The Hall–Kier alpha value is -0.430. The largest absolute Gasteiger partial charge is 0.366 e. The van der Waals surface area contributed by atoms with Crippen LogP contribution in [0.15, 0.2) is 15.9 Å². The molecular formula is C12H17BrN2O2S. The van der Waals surface area contributed by atoms with Gasteiger partial charge in [0.05, 0.1) is 16.9 Å². The Morgan fingerprint density at radius 2 is 2.50 bits per heavy atom. The van der Waals surface area contributed by atoms with E-state index in [2.05, 4.69) is 21.2 Å². The third kappa shape index (κ3) is 3.54. The quantitative estimate of drug-likeness (QED) is 0.914. The lowest BCUT2D eigenvalue weighted by molar-refractivity contribution is -0.145. The van der Waals surface area contributed by atoms with E-state index in [1.54, 1.807) is 11.3 Å². The molecule has 4 nitrogen and oxygen atoms in total. The summed E-state index contributed by atoms with van der Waals surface area (Å²) in [5, 5.41) is 3.19. The number of rotatable bonds is 4. The van der Waals surface area contributed by atoms with Crippen molar-refractivity contribution in [3.05, 3.63) is 20.8 Å². The number of hydrogen-bond acceptors (Lipinski definition) is 4. The summed E-state index contributed by atoms with van der Waals surface area (Å²) in [7, 11) is 0. The van der Waals surface area contributed by atoms with Gasteiger partial charge < -0.3 is 15.0 Å². The number of amides is 1. The molecule has 1 N–H and O–H groups in total. The average molecular weight is 333 g/mol. The van der Waals surface area contributed by atoms with E-state index in [1.165, 1.54) is 4.88 Å². The topological polar surface area (TPSA) is 41.6 Å². The summed E-state index contributed by atoms with van der Waals surface area (Å²) >= 11 is 5.10. The third-order valence-corrected chi connectivity index (χ3v) is 4.48. The number of likely N-dealkylation sites (N-methyl/N-ethyl adjacent to an activating group) is 1. The van der Waals surface area contributed by atoms with Crippen LogP contribution < -0.4 is 5.32 Å². The van der Waals surface area contributed by atoms with Crippen LogP contribution >= 0.6 is 27.3 Å². The van der Waals surface area contributed by atoms with E-state index in [-0.39, 0.29) is 12.0 Å². The van der Waals surface area contributed by atoms with Crippen LogP contribution in [0.25, 0.3) is 0 Å². The van der Waals surface area contributed by atoms with Gasteiger partial charge in [0, 0.05) is 24.5 Å². The van der Waals surface area contributed by atoms with Crippen molar-refractivity contribution in [3.8, 4) is 0 Å². The molecule has 0 spiro atoms.